The maximum atomic E-state index is 12.5. The zero-order valence-corrected chi connectivity index (χ0v) is 10.3. The van der Waals surface area contributed by atoms with Crippen LogP contribution in [0, 0.1) is 0 Å². The Bertz CT molecular complexity index is 510. The third kappa shape index (κ3) is 4.67. The monoisotopic (exact) mass is 364 g/mol. The Morgan fingerprint density at radius 2 is 0.826 bits per heavy atom. The van der Waals surface area contributed by atoms with Crippen molar-refractivity contribution in [3.63, 3.8) is 0 Å². The van der Waals surface area contributed by atoms with Crippen LogP contribution in [0.1, 0.15) is 22.6 Å². The molecule has 1 aromatic rings. The van der Waals surface area contributed by atoms with E-state index in [2.05, 4.69) is 0 Å². The molecule has 12 heteroatoms. The fourth-order valence-electron chi connectivity index (χ4n) is 1.71. The molecular weight excluding hydrogens is 360 g/mol. The molecule has 0 spiro atoms. The lowest BCUT2D eigenvalue weighted by atomic mass is 9.93. The van der Waals surface area contributed by atoms with Crippen molar-refractivity contribution >= 4 is 0 Å². The molecule has 1 aromatic carbocycles. The molecule has 0 radical (unpaired) electrons. The molecule has 0 aliphatic carbocycles. The van der Waals surface area contributed by atoms with Crippen molar-refractivity contribution in [3.05, 3.63) is 34.9 Å². The first-order chi connectivity index (χ1) is 9.94. The van der Waals surface area contributed by atoms with Crippen molar-refractivity contribution < 1.29 is 52.7 Å². The first-order valence-corrected chi connectivity index (χ1v) is 5.37. The average molecular weight is 364 g/mol. The fraction of sp³-hybridized carbons (Fsp3) is 0.455. The third-order valence-corrected chi connectivity index (χ3v) is 2.60. The molecule has 0 saturated carbocycles. The van der Waals surface area contributed by atoms with E-state index in [0.29, 0.717) is 0 Å². The summed E-state index contributed by atoms with van der Waals surface area (Å²) in [4.78, 5) is 0. The van der Waals surface area contributed by atoms with E-state index >= 15 is 0 Å². The summed E-state index contributed by atoms with van der Waals surface area (Å²) in [5, 5.41) is 0. The number of hydrogen-bond acceptors (Lipinski definition) is 0. The van der Waals surface area contributed by atoms with E-state index in [1.165, 1.54) is 0 Å². The molecule has 132 valence electrons. The zero-order chi connectivity index (χ0) is 18.4. The predicted molar refractivity (Wildman–Crippen MR) is 51.3 cm³/mol. The molecular formula is C11H4F12. The van der Waals surface area contributed by atoms with Crippen LogP contribution in [0.25, 0.3) is 0 Å². The smallest absolute Gasteiger partial charge is 0.170 e. The minimum absolute atomic E-state index is 0.562. The molecule has 0 fully saturated rings. The summed E-state index contributed by atoms with van der Waals surface area (Å²) in [7, 11) is 0. The van der Waals surface area contributed by atoms with Gasteiger partial charge >= 0.3 is 24.7 Å². The van der Waals surface area contributed by atoms with Crippen molar-refractivity contribution in [2.45, 2.75) is 30.6 Å². The van der Waals surface area contributed by atoms with Gasteiger partial charge in [0.2, 0.25) is 0 Å². The Kier molecular flexibility index (Phi) is 4.63. The first-order valence-electron chi connectivity index (χ1n) is 5.37. The normalized spacial score (nSPS) is 14.5. The Balaban J connectivity index is 3.69. The van der Waals surface area contributed by atoms with Gasteiger partial charge in [-0.1, -0.05) is 0 Å². The van der Waals surface area contributed by atoms with Crippen LogP contribution in [-0.2, 0) is 12.4 Å². The second-order valence-corrected chi connectivity index (χ2v) is 4.36. The molecule has 0 heterocycles. The second kappa shape index (κ2) is 5.48. The van der Waals surface area contributed by atoms with Crippen molar-refractivity contribution in [1.82, 2.24) is 0 Å². The van der Waals surface area contributed by atoms with Crippen LogP contribution in [0.4, 0.5) is 52.7 Å². The van der Waals surface area contributed by atoms with Gasteiger partial charge in [0.25, 0.3) is 0 Å². The molecule has 0 aliphatic rings. The van der Waals surface area contributed by atoms with E-state index in [9.17, 15) is 52.7 Å². The lowest BCUT2D eigenvalue weighted by Crippen LogP contribution is -2.34. The SMILES string of the molecule is FC(F)(F)c1cc(C(C(F)(F)F)C(F)(F)F)cc(C(F)(F)F)c1. The largest absolute Gasteiger partial charge is 0.416 e. The molecule has 0 aliphatic heterocycles. The Morgan fingerprint density at radius 1 is 0.522 bits per heavy atom. The van der Waals surface area contributed by atoms with E-state index in [0.717, 1.165) is 0 Å². The summed E-state index contributed by atoms with van der Waals surface area (Å²) >= 11 is 0. The average Bonchev–Trinajstić information content (AvgIpc) is 2.21. The fourth-order valence-corrected chi connectivity index (χ4v) is 1.71. The number of rotatable bonds is 1. The maximum absolute atomic E-state index is 12.5. The van der Waals surface area contributed by atoms with E-state index in [1.807, 2.05) is 0 Å². The second-order valence-electron chi connectivity index (χ2n) is 4.36. The van der Waals surface area contributed by atoms with Crippen LogP contribution in [0.5, 0.6) is 0 Å². The summed E-state index contributed by atoms with van der Waals surface area (Å²) in [5.74, 6) is -4.47. The van der Waals surface area contributed by atoms with E-state index in [4.69, 9.17) is 0 Å². The Hall–Kier alpha value is -1.62. The maximum Gasteiger partial charge on any atom is 0.416 e. The highest BCUT2D eigenvalue weighted by atomic mass is 19.4. The van der Waals surface area contributed by atoms with Gasteiger partial charge in [0.1, 0.15) is 0 Å². The molecule has 23 heavy (non-hydrogen) atoms. The van der Waals surface area contributed by atoms with Gasteiger partial charge < -0.3 is 0 Å². The molecule has 0 aromatic heterocycles. The van der Waals surface area contributed by atoms with E-state index < -0.39 is 65.5 Å². The topological polar surface area (TPSA) is 0 Å². The number of halogens is 12. The van der Waals surface area contributed by atoms with Gasteiger partial charge in [-0.25, -0.2) is 0 Å². The summed E-state index contributed by atoms with van der Waals surface area (Å²) < 4.78 is 150. The van der Waals surface area contributed by atoms with Gasteiger partial charge in [0, 0.05) is 0 Å². The van der Waals surface area contributed by atoms with Crippen LogP contribution in [0.2, 0.25) is 0 Å². The summed E-state index contributed by atoms with van der Waals surface area (Å²) in [6.07, 6.45) is -23.4. The Morgan fingerprint density at radius 3 is 1.04 bits per heavy atom. The first kappa shape index (κ1) is 19.4. The zero-order valence-electron chi connectivity index (χ0n) is 10.3. The summed E-state index contributed by atoms with van der Waals surface area (Å²) in [6, 6.07) is -1.75. The standard InChI is InChI=1S/C11H4F12/c12-8(13,14)5-1-4(2-6(3-5)9(15,16)17)7(10(18,19)20)11(21,22)23/h1-3,7H. The van der Waals surface area contributed by atoms with Gasteiger partial charge in [-0.3, -0.25) is 0 Å². The minimum Gasteiger partial charge on any atom is -0.170 e. The van der Waals surface area contributed by atoms with E-state index in [-0.39, 0.29) is 0 Å². The van der Waals surface area contributed by atoms with Crippen LogP contribution in [0.15, 0.2) is 18.2 Å². The van der Waals surface area contributed by atoms with Gasteiger partial charge in [-0.05, 0) is 23.8 Å². The summed E-state index contributed by atoms with van der Waals surface area (Å²) in [5.41, 5.74) is -6.71. The quantitative estimate of drug-likeness (QED) is 0.542. The van der Waals surface area contributed by atoms with Gasteiger partial charge in [0.05, 0.1) is 11.1 Å². The molecule has 0 N–H and O–H groups in total. The number of alkyl halides is 12. The molecule has 0 amide bonds. The molecule has 1 rings (SSSR count). The highest BCUT2D eigenvalue weighted by molar-refractivity contribution is 5.36. The molecule has 0 saturated heterocycles. The number of hydrogen-bond donors (Lipinski definition) is 0. The van der Waals surface area contributed by atoms with E-state index in [1.54, 1.807) is 0 Å². The lowest BCUT2D eigenvalue weighted by Gasteiger charge is -2.25. The summed E-state index contributed by atoms with van der Waals surface area (Å²) in [6.45, 7) is 0. The molecule has 0 bridgehead atoms. The Labute approximate surface area is 119 Å². The van der Waals surface area contributed by atoms with Gasteiger partial charge in [-0.15, -0.1) is 0 Å². The van der Waals surface area contributed by atoms with Crippen molar-refractivity contribution in [2.75, 3.05) is 0 Å². The van der Waals surface area contributed by atoms with Crippen LogP contribution >= 0.6 is 0 Å². The third-order valence-electron chi connectivity index (χ3n) is 2.60. The molecule has 0 atom stereocenters. The van der Waals surface area contributed by atoms with Crippen LogP contribution in [0.3, 0.4) is 0 Å². The predicted octanol–water partition coefficient (Wildman–Crippen LogP) is 5.93. The minimum atomic E-state index is -6.12. The van der Waals surface area contributed by atoms with Crippen LogP contribution < -0.4 is 0 Å². The van der Waals surface area contributed by atoms with Crippen molar-refractivity contribution in [2.24, 2.45) is 0 Å². The molecule has 0 nitrogen and oxygen atoms in total. The highest BCUT2D eigenvalue weighted by Gasteiger charge is 2.58. The van der Waals surface area contributed by atoms with Crippen LogP contribution in [-0.4, -0.2) is 12.4 Å². The van der Waals surface area contributed by atoms with Gasteiger partial charge in [-0.2, -0.15) is 52.7 Å². The highest BCUT2D eigenvalue weighted by Crippen LogP contribution is 2.48. The van der Waals surface area contributed by atoms with Crippen molar-refractivity contribution in [1.29, 1.82) is 0 Å². The van der Waals surface area contributed by atoms with Gasteiger partial charge in [0.15, 0.2) is 5.92 Å². The lowest BCUT2D eigenvalue weighted by molar-refractivity contribution is -0.253. The van der Waals surface area contributed by atoms with Crippen molar-refractivity contribution in [3.8, 4) is 0 Å². The molecule has 0 unspecified atom stereocenters. The number of benzene rings is 1.